The molecule has 1 aliphatic heterocycles. The Kier molecular flexibility index (Phi) is 5.08. The van der Waals surface area contributed by atoms with E-state index in [1.54, 1.807) is 31.0 Å². The molecule has 0 aromatic carbocycles. The van der Waals surface area contributed by atoms with Crippen LogP contribution in [0.5, 0.6) is 0 Å². The summed E-state index contributed by atoms with van der Waals surface area (Å²) < 4.78 is 10.5. The zero-order valence-corrected chi connectivity index (χ0v) is 12.1. The maximum atomic E-state index is 11.7. The Morgan fingerprint density at radius 2 is 2.25 bits per heavy atom. The van der Waals surface area contributed by atoms with Crippen LogP contribution in [0.1, 0.15) is 12.2 Å². The van der Waals surface area contributed by atoms with Gasteiger partial charge in [-0.1, -0.05) is 0 Å². The second kappa shape index (κ2) is 6.81. The Bertz CT molecular complexity index is 455. The molecular weight excluding hydrogens is 280 g/mol. The van der Waals surface area contributed by atoms with Gasteiger partial charge in [-0.15, -0.1) is 0 Å². The van der Waals surface area contributed by atoms with E-state index in [0.717, 1.165) is 17.9 Å². The van der Waals surface area contributed by atoms with Gasteiger partial charge in [0.25, 0.3) is 0 Å². The molecule has 2 heterocycles. The first-order chi connectivity index (χ1) is 9.65. The largest absolute Gasteiger partial charge is 0.467 e. The summed E-state index contributed by atoms with van der Waals surface area (Å²) in [6.07, 6.45) is 2.39. The molecule has 0 spiro atoms. The molecule has 1 atom stereocenters. The predicted molar refractivity (Wildman–Crippen MR) is 75.2 cm³/mol. The number of carbonyl (C=O) groups is 2. The summed E-state index contributed by atoms with van der Waals surface area (Å²) in [7, 11) is 1.63. The summed E-state index contributed by atoms with van der Waals surface area (Å²) in [6, 6.07) is 3.45. The number of furan rings is 1. The molecule has 2 N–H and O–H groups in total. The Balaban J connectivity index is 1.75. The highest BCUT2D eigenvalue weighted by Gasteiger charge is 2.35. The van der Waals surface area contributed by atoms with Crippen molar-refractivity contribution in [2.45, 2.75) is 18.6 Å². The second-order valence-electron chi connectivity index (χ2n) is 4.63. The molecule has 110 valence electrons. The predicted octanol–water partition coefficient (Wildman–Crippen LogP) is 0.534. The third kappa shape index (κ3) is 3.77. The molecule has 1 saturated heterocycles. The zero-order chi connectivity index (χ0) is 14.4. The minimum absolute atomic E-state index is 0.199. The fourth-order valence-corrected chi connectivity index (χ4v) is 3.34. The van der Waals surface area contributed by atoms with E-state index in [2.05, 4.69) is 10.6 Å². The number of methoxy groups -OCH3 is 1. The number of hydrogen-bond acceptors (Lipinski definition) is 5. The van der Waals surface area contributed by atoms with Crippen molar-refractivity contribution in [2.75, 3.05) is 25.2 Å². The lowest BCUT2D eigenvalue weighted by atomic mass is 10.0. The third-order valence-electron chi connectivity index (χ3n) is 3.28. The van der Waals surface area contributed by atoms with E-state index in [4.69, 9.17) is 9.15 Å². The number of amides is 2. The van der Waals surface area contributed by atoms with Crippen LogP contribution in [-0.4, -0.2) is 42.6 Å². The van der Waals surface area contributed by atoms with Gasteiger partial charge in [-0.05, 0) is 24.3 Å². The van der Waals surface area contributed by atoms with E-state index in [0.29, 0.717) is 12.3 Å². The Morgan fingerprint density at radius 1 is 1.45 bits per heavy atom. The molecule has 0 unspecified atom stereocenters. The van der Waals surface area contributed by atoms with Crippen LogP contribution in [0.25, 0.3) is 0 Å². The summed E-state index contributed by atoms with van der Waals surface area (Å²) in [5.41, 5.74) is -0.346. The Morgan fingerprint density at radius 3 is 2.85 bits per heavy atom. The van der Waals surface area contributed by atoms with Gasteiger partial charge in [-0.3, -0.25) is 9.59 Å². The first kappa shape index (κ1) is 14.9. The summed E-state index contributed by atoms with van der Waals surface area (Å²) in [5.74, 6) is 1.13. The molecule has 1 fully saturated rings. The minimum atomic E-state index is -0.668. The third-order valence-corrected chi connectivity index (χ3v) is 4.50. The number of nitrogens with one attached hydrogen (secondary N) is 2. The highest BCUT2D eigenvalue weighted by Crippen LogP contribution is 2.30. The maximum Gasteiger partial charge on any atom is 0.309 e. The molecule has 1 aromatic rings. The van der Waals surface area contributed by atoms with Crippen molar-refractivity contribution in [3.05, 3.63) is 24.2 Å². The first-order valence-corrected chi connectivity index (χ1v) is 7.52. The fourth-order valence-electron chi connectivity index (χ4n) is 1.94. The average molecular weight is 298 g/mol. The van der Waals surface area contributed by atoms with Crippen LogP contribution in [0, 0.1) is 0 Å². The smallest absolute Gasteiger partial charge is 0.309 e. The van der Waals surface area contributed by atoms with Gasteiger partial charge in [0.15, 0.2) is 0 Å². The maximum absolute atomic E-state index is 11.7. The highest BCUT2D eigenvalue weighted by molar-refractivity contribution is 7.99. The Labute approximate surface area is 121 Å². The average Bonchev–Trinajstić information content (AvgIpc) is 3.14. The lowest BCUT2D eigenvalue weighted by Gasteiger charge is -2.26. The van der Waals surface area contributed by atoms with Crippen LogP contribution >= 0.6 is 11.8 Å². The van der Waals surface area contributed by atoms with Crippen molar-refractivity contribution in [1.29, 1.82) is 0 Å². The minimum Gasteiger partial charge on any atom is -0.467 e. The molecule has 0 aliphatic carbocycles. The monoisotopic (exact) mass is 298 g/mol. The van der Waals surface area contributed by atoms with E-state index in [1.165, 1.54) is 6.26 Å². The normalized spacial score (nSPS) is 21.6. The van der Waals surface area contributed by atoms with Crippen LogP contribution in [0.4, 0.5) is 0 Å². The lowest BCUT2D eigenvalue weighted by molar-refractivity contribution is -0.140. The molecule has 0 saturated carbocycles. The first-order valence-electron chi connectivity index (χ1n) is 6.36. The van der Waals surface area contributed by atoms with E-state index in [9.17, 15) is 9.59 Å². The molecule has 7 heteroatoms. The van der Waals surface area contributed by atoms with Crippen molar-refractivity contribution in [3.8, 4) is 0 Å². The molecule has 0 radical (unpaired) electrons. The number of thioether (sulfide) groups is 1. The van der Waals surface area contributed by atoms with E-state index < -0.39 is 11.8 Å². The van der Waals surface area contributed by atoms with Crippen molar-refractivity contribution in [3.63, 3.8) is 0 Å². The Hall–Kier alpha value is -1.47. The topological polar surface area (TPSA) is 80.6 Å². The van der Waals surface area contributed by atoms with Crippen molar-refractivity contribution in [1.82, 2.24) is 10.6 Å². The van der Waals surface area contributed by atoms with E-state index in [1.807, 2.05) is 0 Å². The molecule has 1 aliphatic rings. The number of carbonyl (C=O) groups excluding carboxylic acids is 2. The molecule has 0 bridgehead atoms. The summed E-state index contributed by atoms with van der Waals surface area (Å²) >= 11 is 1.78. The van der Waals surface area contributed by atoms with Crippen LogP contribution in [0.3, 0.4) is 0 Å². The van der Waals surface area contributed by atoms with Gasteiger partial charge in [-0.25, -0.2) is 0 Å². The molecule has 6 nitrogen and oxygen atoms in total. The zero-order valence-electron chi connectivity index (χ0n) is 11.3. The van der Waals surface area contributed by atoms with Crippen molar-refractivity contribution < 1.29 is 18.7 Å². The molecule has 1 aromatic heterocycles. The molecule has 20 heavy (non-hydrogen) atoms. The number of rotatable bonds is 5. The van der Waals surface area contributed by atoms with Gasteiger partial charge in [0.05, 0.1) is 18.4 Å². The van der Waals surface area contributed by atoms with Crippen LogP contribution in [0.2, 0.25) is 0 Å². The van der Waals surface area contributed by atoms with Crippen LogP contribution in [-0.2, 0) is 20.9 Å². The van der Waals surface area contributed by atoms with Gasteiger partial charge in [-0.2, -0.15) is 11.8 Å². The quantitative estimate of drug-likeness (QED) is 0.775. The summed E-state index contributed by atoms with van der Waals surface area (Å²) in [5, 5.41) is 5.13. The summed E-state index contributed by atoms with van der Waals surface area (Å²) in [6.45, 7) is 0.550. The molecule has 2 rings (SSSR count). The van der Waals surface area contributed by atoms with Crippen molar-refractivity contribution in [2.24, 2.45) is 0 Å². The number of hydrogen-bond donors (Lipinski definition) is 2. The van der Waals surface area contributed by atoms with E-state index in [-0.39, 0.29) is 12.1 Å². The van der Waals surface area contributed by atoms with E-state index >= 15 is 0 Å². The second-order valence-corrected chi connectivity index (χ2v) is 5.74. The lowest BCUT2D eigenvalue weighted by Crippen LogP contribution is -2.48. The fraction of sp³-hybridized carbons (Fsp3) is 0.538. The van der Waals surface area contributed by atoms with Gasteiger partial charge < -0.3 is 19.8 Å². The van der Waals surface area contributed by atoms with Gasteiger partial charge in [0.1, 0.15) is 5.76 Å². The van der Waals surface area contributed by atoms with Crippen LogP contribution < -0.4 is 10.6 Å². The standard InChI is InChI=1S/C13H18N2O4S/c1-18-13(4-6-20-9-13)8-15-12(17)11(16)14-7-10-3-2-5-19-10/h2-3,5H,4,6-9H2,1H3,(H,14,16)(H,15,17)/t13-/m1/s1. The van der Waals surface area contributed by atoms with Gasteiger partial charge in [0, 0.05) is 19.4 Å². The molecular formula is C13H18N2O4S. The van der Waals surface area contributed by atoms with Crippen molar-refractivity contribution >= 4 is 23.6 Å². The van der Waals surface area contributed by atoms with Gasteiger partial charge >= 0.3 is 11.8 Å². The SMILES string of the molecule is CO[C@@]1(CNC(=O)C(=O)NCc2ccco2)CCSC1. The van der Waals surface area contributed by atoms with Gasteiger partial charge in [0.2, 0.25) is 0 Å². The highest BCUT2D eigenvalue weighted by atomic mass is 32.2. The summed E-state index contributed by atoms with van der Waals surface area (Å²) in [4.78, 5) is 23.3. The number of ether oxygens (including phenoxy) is 1. The van der Waals surface area contributed by atoms with Crippen LogP contribution in [0.15, 0.2) is 22.8 Å². The molecule has 2 amide bonds.